The minimum absolute atomic E-state index is 0.292. The predicted octanol–water partition coefficient (Wildman–Crippen LogP) is 3.58. The van der Waals surface area contributed by atoms with Gasteiger partial charge in [-0.25, -0.2) is 0 Å². The molecule has 2 aromatic rings. The van der Waals surface area contributed by atoms with Crippen molar-refractivity contribution < 1.29 is 14.9 Å². The summed E-state index contributed by atoms with van der Waals surface area (Å²) < 4.78 is 5.99. The summed E-state index contributed by atoms with van der Waals surface area (Å²) in [6.45, 7) is 2.03. The van der Waals surface area contributed by atoms with Crippen LogP contribution in [-0.4, -0.2) is 22.4 Å². The topological polar surface area (TPSA) is 49.7 Å². The molecular weight excluding hydrogens is 264 g/mol. The third kappa shape index (κ3) is 2.89. The van der Waals surface area contributed by atoms with Crippen molar-refractivity contribution in [1.82, 2.24) is 0 Å². The van der Waals surface area contributed by atoms with Gasteiger partial charge in [0.05, 0.1) is 11.7 Å². The molecule has 0 amide bonds. The second-order valence-corrected chi connectivity index (χ2v) is 6.10. The van der Waals surface area contributed by atoms with Crippen molar-refractivity contribution in [3.8, 4) is 5.75 Å². The first-order valence-electron chi connectivity index (χ1n) is 7.64. The highest BCUT2D eigenvalue weighted by atomic mass is 16.5. The highest BCUT2D eigenvalue weighted by Crippen LogP contribution is 2.36. The number of fused-ring (bicyclic) bond motifs is 1. The molecule has 2 N–H and O–H groups in total. The maximum atomic E-state index is 10.5. The molecule has 1 aliphatic rings. The number of hydrogen-bond acceptors (Lipinski definition) is 3. The van der Waals surface area contributed by atoms with Crippen LogP contribution in [0.25, 0.3) is 10.8 Å². The molecule has 3 nitrogen and oxygen atoms in total. The van der Waals surface area contributed by atoms with E-state index in [0.29, 0.717) is 12.4 Å². The Kier molecular flexibility index (Phi) is 3.87. The van der Waals surface area contributed by atoms with E-state index in [0.717, 1.165) is 42.0 Å². The monoisotopic (exact) mass is 286 g/mol. The maximum absolute atomic E-state index is 10.5. The first-order chi connectivity index (χ1) is 10.1. The Morgan fingerprint density at radius 2 is 1.86 bits per heavy atom. The minimum atomic E-state index is -0.715. The van der Waals surface area contributed by atoms with E-state index in [9.17, 15) is 10.2 Å². The highest BCUT2D eigenvalue weighted by Gasteiger charge is 2.32. The van der Waals surface area contributed by atoms with E-state index in [1.165, 1.54) is 0 Å². The second-order valence-electron chi connectivity index (χ2n) is 6.10. The van der Waals surface area contributed by atoms with Gasteiger partial charge in [-0.05, 0) is 25.2 Å². The standard InChI is InChI=1S/C18H22O3/c1-13(19)15-9-8-14-6-2-3-7-16(14)17(15)21-12-18(20)10-4-5-11-18/h2-3,6-9,13,19-20H,4-5,10-12H2,1H3/t13-/m0/s1. The summed E-state index contributed by atoms with van der Waals surface area (Å²) in [5.74, 6) is 0.698. The largest absolute Gasteiger partial charge is 0.490 e. The lowest BCUT2D eigenvalue weighted by Crippen LogP contribution is -2.32. The lowest BCUT2D eigenvalue weighted by molar-refractivity contribution is 0.000981. The lowest BCUT2D eigenvalue weighted by atomic mass is 10.0. The fourth-order valence-corrected chi connectivity index (χ4v) is 3.13. The molecule has 21 heavy (non-hydrogen) atoms. The summed E-state index contributed by atoms with van der Waals surface area (Å²) >= 11 is 0. The molecule has 3 heteroatoms. The van der Waals surface area contributed by atoms with Crippen molar-refractivity contribution in [3.05, 3.63) is 42.0 Å². The first kappa shape index (κ1) is 14.4. The van der Waals surface area contributed by atoms with Crippen LogP contribution < -0.4 is 4.74 Å². The Morgan fingerprint density at radius 3 is 2.57 bits per heavy atom. The molecule has 1 aliphatic carbocycles. The van der Waals surface area contributed by atoms with Crippen LogP contribution >= 0.6 is 0 Å². The van der Waals surface area contributed by atoms with Gasteiger partial charge < -0.3 is 14.9 Å². The van der Waals surface area contributed by atoms with Gasteiger partial charge in [-0.15, -0.1) is 0 Å². The molecule has 1 saturated carbocycles. The van der Waals surface area contributed by atoms with Crippen LogP contribution in [0.5, 0.6) is 5.75 Å². The summed E-state index contributed by atoms with van der Waals surface area (Å²) in [7, 11) is 0. The van der Waals surface area contributed by atoms with Gasteiger partial charge in [-0.1, -0.05) is 49.2 Å². The average molecular weight is 286 g/mol. The summed E-state index contributed by atoms with van der Waals surface area (Å²) in [5.41, 5.74) is 0.0581. The van der Waals surface area contributed by atoms with E-state index in [1.54, 1.807) is 6.92 Å². The van der Waals surface area contributed by atoms with Gasteiger partial charge >= 0.3 is 0 Å². The molecule has 0 saturated heterocycles. The fraction of sp³-hybridized carbons (Fsp3) is 0.444. The number of rotatable bonds is 4. The Bertz CT molecular complexity index is 627. The molecule has 3 rings (SSSR count). The predicted molar refractivity (Wildman–Crippen MR) is 83.5 cm³/mol. The maximum Gasteiger partial charge on any atom is 0.133 e. The van der Waals surface area contributed by atoms with Crippen molar-refractivity contribution in [1.29, 1.82) is 0 Å². The van der Waals surface area contributed by atoms with Crippen LogP contribution in [0.4, 0.5) is 0 Å². The van der Waals surface area contributed by atoms with Crippen LogP contribution in [0.1, 0.15) is 44.3 Å². The molecule has 2 aromatic carbocycles. The van der Waals surface area contributed by atoms with Crippen LogP contribution in [0.15, 0.2) is 36.4 Å². The third-order valence-corrected chi connectivity index (χ3v) is 4.38. The molecule has 0 unspecified atom stereocenters. The van der Waals surface area contributed by atoms with Gasteiger partial charge in [-0.2, -0.15) is 0 Å². The number of aliphatic hydroxyl groups excluding tert-OH is 1. The zero-order chi connectivity index (χ0) is 14.9. The average Bonchev–Trinajstić information content (AvgIpc) is 2.91. The summed E-state index contributed by atoms with van der Waals surface area (Å²) in [6, 6.07) is 11.9. The van der Waals surface area contributed by atoms with Gasteiger partial charge in [0, 0.05) is 10.9 Å². The quantitative estimate of drug-likeness (QED) is 0.903. The number of aliphatic hydroxyl groups is 2. The summed E-state index contributed by atoms with van der Waals surface area (Å²) in [6.07, 6.45) is 3.10. The van der Waals surface area contributed by atoms with E-state index < -0.39 is 11.7 Å². The van der Waals surface area contributed by atoms with Crippen molar-refractivity contribution in [2.75, 3.05) is 6.61 Å². The molecule has 112 valence electrons. The zero-order valence-corrected chi connectivity index (χ0v) is 12.4. The molecule has 0 bridgehead atoms. The van der Waals surface area contributed by atoms with Crippen LogP contribution in [0, 0.1) is 0 Å². The van der Waals surface area contributed by atoms with E-state index in [-0.39, 0.29) is 0 Å². The molecule has 0 radical (unpaired) electrons. The molecule has 0 aromatic heterocycles. The Labute approximate surface area is 125 Å². The third-order valence-electron chi connectivity index (χ3n) is 4.38. The normalized spacial score (nSPS) is 18.8. The van der Waals surface area contributed by atoms with Gasteiger partial charge in [-0.3, -0.25) is 0 Å². The minimum Gasteiger partial charge on any atom is -0.490 e. The van der Waals surface area contributed by atoms with Crippen molar-refractivity contribution in [2.24, 2.45) is 0 Å². The molecule has 0 heterocycles. The number of hydrogen-bond donors (Lipinski definition) is 2. The SMILES string of the molecule is C[C@H](O)c1ccc2ccccc2c1OCC1(O)CCCC1. The molecule has 0 aliphatic heterocycles. The fourth-order valence-electron chi connectivity index (χ4n) is 3.13. The highest BCUT2D eigenvalue weighted by molar-refractivity contribution is 5.89. The van der Waals surface area contributed by atoms with Crippen molar-refractivity contribution >= 4 is 10.8 Å². The molecular formula is C18H22O3. The Hall–Kier alpha value is -1.58. The van der Waals surface area contributed by atoms with Crippen LogP contribution in [0.2, 0.25) is 0 Å². The van der Waals surface area contributed by atoms with Gasteiger partial charge in [0.1, 0.15) is 12.4 Å². The van der Waals surface area contributed by atoms with Crippen molar-refractivity contribution in [3.63, 3.8) is 0 Å². The van der Waals surface area contributed by atoms with E-state index in [2.05, 4.69) is 0 Å². The Balaban J connectivity index is 1.96. The van der Waals surface area contributed by atoms with Crippen molar-refractivity contribution in [2.45, 2.75) is 44.3 Å². The van der Waals surface area contributed by atoms with E-state index in [1.807, 2.05) is 36.4 Å². The number of benzene rings is 2. The molecule has 0 spiro atoms. The van der Waals surface area contributed by atoms with Crippen LogP contribution in [-0.2, 0) is 0 Å². The summed E-state index contributed by atoms with van der Waals surface area (Å²) in [4.78, 5) is 0. The molecule has 1 atom stereocenters. The van der Waals surface area contributed by atoms with Gasteiger partial charge in [0.15, 0.2) is 0 Å². The van der Waals surface area contributed by atoms with Gasteiger partial charge in [0.25, 0.3) is 0 Å². The Morgan fingerprint density at radius 1 is 1.14 bits per heavy atom. The first-order valence-corrected chi connectivity index (χ1v) is 7.64. The van der Waals surface area contributed by atoms with Gasteiger partial charge in [0.2, 0.25) is 0 Å². The number of ether oxygens (including phenoxy) is 1. The second kappa shape index (κ2) is 5.66. The smallest absolute Gasteiger partial charge is 0.133 e. The van der Waals surface area contributed by atoms with E-state index >= 15 is 0 Å². The lowest BCUT2D eigenvalue weighted by Gasteiger charge is -2.24. The van der Waals surface area contributed by atoms with Crippen LogP contribution in [0.3, 0.4) is 0 Å². The zero-order valence-electron chi connectivity index (χ0n) is 12.4. The van der Waals surface area contributed by atoms with E-state index in [4.69, 9.17) is 4.74 Å². The molecule has 1 fully saturated rings. The summed E-state index contributed by atoms with van der Waals surface area (Å²) in [5, 5.41) is 22.5.